The number of hydrogen-bond donors (Lipinski definition) is 0. The van der Waals surface area contributed by atoms with Gasteiger partial charge >= 0.3 is 0 Å². The molecular formula is C20H23N5. The quantitative estimate of drug-likeness (QED) is 0.717. The molecule has 5 heteroatoms. The number of rotatable bonds is 5. The van der Waals surface area contributed by atoms with Crippen molar-refractivity contribution in [2.24, 2.45) is 0 Å². The monoisotopic (exact) mass is 333 g/mol. The number of aromatic nitrogens is 4. The van der Waals surface area contributed by atoms with Crippen molar-refractivity contribution in [3.8, 4) is 22.6 Å². The molecular weight excluding hydrogens is 310 g/mol. The lowest BCUT2D eigenvalue weighted by atomic mass is 10.1. The van der Waals surface area contributed by atoms with Gasteiger partial charge in [-0.15, -0.1) is 0 Å². The third-order valence-corrected chi connectivity index (χ3v) is 5.07. The third kappa shape index (κ3) is 3.46. The van der Waals surface area contributed by atoms with Crippen LogP contribution in [0.25, 0.3) is 22.6 Å². The Balaban J connectivity index is 1.56. The molecule has 3 heterocycles. The molecule has 1 aliphatic heterocycles. The van der Waals surface area contributed by atoms with Gasteiger partial charge in [-0.25, -0.2) is 4.98 Å². The van der Waals surface area contributed by atoms with Crippen LogP contribution in [0.3, 0.4) is 0 Å². The van der Waals surface area contributed by atoms with Crippen molar-refractivity contribution in [3.05, 3.63) is 55.2 Å². The lowest BCUT2D eigenvalue weighted by molar-refractivity contribution is 0.286. The SMILES string of the molecule is CN1CCCC1CCn1ccnc1-c1cccc(-c2cnccn2)c1. The summed E-state index contributed by atoms with van der Waals surface area (Å²) >= 11 is 0. The molecule has 1 aliphatic rings. The summed E-state index contributed by atoms with van der Waals surface area (Å²) in [6.45, 7) is 2.22. The van der Waals surface area contributed by atoms with Gasteiger partial charge in [-0.3, -0.25) is 9.97 Å². The van der Waals surface area contributed by atoms with Crippen molar-refractivity contribution < 1.29 is 0 Å². The second-order valence-corrected chi connectivity index (χ2v) is 6.68. The molecule has 128 valence electrons. The number of nitrogens with zero attached hydrogens (tertiary/aromatic N) is 5. The smallest absolute Gasteiger partial charge is 0.139 e. The highest BCUT2D eigenvalue weighted by Gasteiger charge is 2.20. The maximum Gasteiger partial charge on any atom is 0.139 e. The molecule has 0 aliphatic carbocycles. The number of hydrogen-bond acceptors (Lipinski definition) is 4. The van der Waals surface area contributed by atoms with Crippen LogP contribution < -0.4 is 0 Å². The van der Waals surface area contributed by atoms with Crippen molar-refractivity contribution in [3.63, 3.8) is 0 Å². The minimum Gasteiger partial charge on any atom is -0.331 e. The Labute approximate surface area is 148 Å². The molecule has 5 nitrogen and oxygen atoms in total. The summed E-state index contributed by atoms with van der Waals surface area (Å²) in [5.74, 6) is 1.02. The minimum atomic E-state index is 0.696. The molecule has 0 amide bonds. The second-order valence-electron chi connectivity index (χ2n) is 6.68. The van der Waals surface area contributed by atoms with Gasteiger partial charge in [-0.2, -0.15) is 0 Å². The highest BCUT2D eigenvalue weighted by Crippen LogP contribution is 2.25. The molecule has 0 radical (unpaired) electrons. The average Bonchev–Trinajstić information content (AvgIpc) is 3.29. The lowest BCUT2D eigenvalue weighted by Gasteiger charge is -2.20. The van der Waals surface area contributed by atoms with E-state index in [0.717, 1.165) is 29.2 Å². The lowest BCUT2D eigenvalue weighted by Crippen LogP contribution is -2.26. The van der Waals surface area contributed by atoms with E-state index in [1.165, 1.54) is 25.8 Å². The maximum atomic E-state index is 4.60. The molecule has 1 aromatic carbocycles. The van der Waals surface area contributed by atoms with Gasteiger partial charge in [-0.1, -0.05) is 18.2 Å². The molecule has 0 saturated carbocycles. The van der Waals surface area contributed by atoms with Crippen molar-refractivity contribution >= 4 is 0 Å². The van der Waals surface area contributed by atoms with Gasteiger partial charge in [0.25, 0.3) is 0 Å². The highest BCUT2D eigenvalue weighted by molar-refractivity contribution is 5.67. The summed E-state index contributed by atoms with van der Waals surface area (Å²) in [5.41, 5.74) is 3.07. The van der Waals surface area contributed by atoms with E-state index < -0.39 is 0 Å². The van der Waals surface area contributed by atoms with E-state index in [1.807, 2.05) is 6.20 Å². The van der Waals surface area contributed by atoms with Crippen molar-refractivity contribution in [2.75, 3.05) is 13.6 Å². The average molecular weight is 333 g/mol. The Morgan fingerprint density at radius 1 is 1.12 bits per heavy atom. The van der Waals surface area contributed by atoms with Gasteiger partial charge in [0.1, 0.15) is 5.82 Å². The van der Waals surface area contributed by atoms with Crippen LogP contribution in [-0.4, -0.2) is 44.1 Å². The van der Waals surface area contributed by atoms with Crippen LogP contribution in [0.2, 0.25) is 0 Å². The second kappa shape index (κ2) is 7.15. The van der Waals surface area contributed by atoms with E-state index in [9.17, 15) is 0 Å². The van der Waals surface area contributed by atoms with E-state index in [-0.39, 0.29) is 0 Å². The molecule has 0 spiro atoms. The minimum absolute atomic E-state index is 0.696. The van der Waals surface area contributed by atoms with Crippen molar-refractivity contribution in [2.45, 2.75) is 31.8 Å². The first kappa shape index (κ1) is 16.0. The summed E-state index contributed by atoms with van der Waals surface area (Å²) in [7, 11) is 2.23. The van der Waals surface area contributed by atoms with Gasteiger partial charge in [0, 0.05) is 48.5 Å². The fourth-order valence-electron chi connectivity index (χ4n) is 3.65. The summed E-state index contributed by atoms with van der Waals surface area (Å²) in [4.78, 5) is 15.6. The molecule has 1 fully saturated rings. The maximum absolute atomic E-state index is 4.60. The van der Waals surface area contributed by atoms with Gasteiger partial charge < -0.3 is 9.47 Å². The van der Waals surface area contributed by atoms with Crippen molar-refractivity contribution in [1.82, 2.24) is 24.4 Å². The van der Waals surface area contributed by atoms with Crippen LogP contribution in [0.1, 0.15) is 19.3 Å². The summed E-state index contributed by atoms with van der Waals surface area (Å²) in [5, 5.41) is 0. The van der Waals surface area contributed by atoms with Crippen LogP contribution in [0.15, 0.2) is 55.2 Å². The Kier molecular flexibility index (Phi) is 4.57. The number of likely N-dealkylation sites (tertiary alicyclic amines) is 1. The molecule has 1 atom stereocenters. The Morgan fingerprint density at radius 2 is 2.04 bits per heavy atom. The fourth-order valence-corrected chi connectivity index (χ4v) is 3.65. The van der Waals surface area contributed by atoms with E-state index in [2.05, 4.69) is 61.9 Å². The predicted molar refractivity (Wildman–Crippen MR) is 99.0 cm³/mol. The molecule has 1 unspecified atom stereocenters. The molecule has 0 bridgehead atoms. The first-order valence-electron chi connectivity index (χ1n) is 8.89. The zero-order valence-corrected chi connectivity index (χ0v) is 14.5. The van der Waals surface area contributed by atoms with Crippen LogP contribution >= 0.6 is 0 Å². The van der Waals surface area contributed by atoms with Gasteiger partial charge in [0.05, 0.1) is 11.9 Å². The molecule has 4 rings (SSSR count). The zero-order chi connectivity index (χ0) is 17.1. The Morgan fingerprint density at radius 3 is 2.84 bits per heavy atom. The third-order valence-electron chi connectivity index (χ3n) is 5.07. The Hall–Kier alpha value is -2.53. The summed E-state index contributed by atoms with van der Waals surface area (Å²) < 4.78 is 2.27. The standard InChI is InChI=1S/C20H23N5/c1-24-11-3-6-18(24)7-12-25-13-10-23-20(25)17-5-2-4-16(14-17)19-15-21-8-9-22-19/h2,4-5,8-10,13-15,18H,3,6-7,11-12H2,1H3. The fraction of sp³-hybridized carbons (Fsp3) is 0.350. The van der Waals surface area contributed by atoms with Crippen LogP contribution in [-0.2, 0) is 6.54 Å². The highest BCUT2D eigenvalue weighted by atomic mass is 15.2. The van der Waals surface area contributed by atoms with Gasteiger partial charge in [-0.05, 0) is 38.9 Å². The molecule has 0 N–H and O–H groups in total. The Bertz CT molecular complexity index is 827. The normalized spacial score (nSPS) is 17.9. The van der Waals surface area contributed by atoms with E-state index >= 15 is 0 Å². The van der Waals surface area contributed by atoms with Crippen LogP contribution in [0, 0.1) is 0 Å². The molecule has 1 saturated heterocycles. The zero-order valence-electron chi connectivity index (χ0n) is 14.5. The van der Waals surface area contributed by atoms with Gasteiger partial charge in [0.15, 0.2) is 0 Å². The first-order valence-corrected chi connectivity index (χ1v) is 8.89. The van der Waals surface area contributed by atoms with Crippen molar-refractivity contribution in [1.29, 1.82) is 0 Å². The number of benzene rings is 1. The molecule has 3 aromatic rings. The summed E-state index contributed by atoms with van der Waals surface area (Å²) in [6, 6.07) is 9.07. The predicted octanol–water partition coefficient (Wildman–Crippen LogP) is 3.49. The van der Waals surface area contributed by atoms with E-state index in [0.29, 0.717) is 6.04 Å². The number of imidazole rings is 1. The van der Waals surface area contributed by atoms with E-state index in [1.54, 1.807) is 18.6 Å². The summed E-state index contributed by atoms with van der Waals surface area (Å²) in [6.07, 6.45) is 13.0. The van der Waals surface area contributed by atoms with Crippen LogP contribution in [0.4, 0.5) is 0 Å². The largest absolute Gasteiger partial charge is 0.331 e. The topological polar surface area (TPSA) is 46.8 Å². The molecule has 2 aromatic heterocycles. The molecule has 25 heavy (non-hydrogen) atoms. The number of aryl methyl sites for hydroxylation is 1. The van der Waals surface area contributed by atoms with Gasteiger partial charge in [0.2, 0.25) is 0 Å². The van der Waals surface area contributed by atoms with Crippen LogP contribution in [0.5, 0.6) is 0 Å². The van der Waals surface area contributed by atoms with E-state index in [4.69, 9.17) is 0 Å². The first-order chi connectivity index (χ1) is 12.3.